The van der Waals surface area contributed by atoms with Crippen LogP contribution in [-0.4, -0.2) is 18.3 Å². The Labute approximate surface area is 92.1 Å². The van der Waals surface area contributed by atoms with Crippen molar-refractivity contribution in [1.82, 2.24) is 0 Å². The van der Waals surface area contributed by atoms with Gasteiger partial charge in [-0.3, -0.25) is 0 Å². The van der Waals surface area contributed by atoms with Gasteiger partial charge in [-0.15, -0.1) is 0 Å². The largest absolute Gasteiger partial charge is 0.396 e. The van der Waals surface area contributed by atoms with Crippen LogP contribution in [0.25, 0.3) is 0 Å². The van der Waals surface area contributed by atoms with Crippen LogP contribution in [-0.2, 0) is 12.8 Å². The Bertz CT molecular complexity index is 288. The fourth-order valence-corrected chi connectivity index (χ4v) is 1.58. The van der Waals surface area contributed by atoms with Crippen LogP contribution in [0.5, 0.6) is 0 Å². The van der Waals surface area contributed by atoms with Crippen LogP contribution in [0.15, 0.2) is 24.3 Å². The van der Waals surface area contributed by atoms with Crippen molar-refractivity contribution in [3.63, 3.8) is 0 Å². The number of aliphatic hydroxyl groups is 1. The molecular weight excluding hydrogens is 186 g/mol. The van der Waals surface area contributed by atoms with Crippen LogP contribution < -0.4 is 5.73 Å². The van der Waals surface area contributed by atoms with Crippen LogP contribution in [0, 0.1) is 5.41 Å². The summed E-state index contributed by atoms with van der Waals surface area (Å²) in [6.07, 6.45) is 1.90. The highest BCUT2D eigenvalue weighted by Gasteiger charge is 2.21. The van der Waals surface area contributed by atoms with Gasteiger partial charge in [-0.2, -0.15) is 0 Å². The normalized spacial score (nSPS) is 14.9. The van der Waals surface area contributed by atoms with Gasteiger partial charge in [0.05, 0.1) is 0 Å². The average Bonchev–Trinajstić information content (AvgIpc) is 2.30. The first-order chi connectivity index (χ1) is 7.13. The zero-order chi connectivity index (χ0) is 11.3. The highest BCUT2D eigenvalue weighted by atomic mass is 16.3. The van der Waals surface area contributed by atoms with Gasteiger partial charge in [0.25, 0.3) is 0 Å². The summed E-state index contributed by atoms with van der Waals surface area (Å²) in [5.41, 5.74) is 8.06. The number of hydrogen-bond acceptors (Lipinski definition) is 2. The van der Waals surface area contributed by atoms with E-state index >= 15 is 0 Å². The molecule has 0 fully saturated rings. The number of benzene rings is 1. The van der Waals surface area contributed by atoms with Gasteiger partial charge in [-0.25, -0.2) is 0 Å². The molecule has 0 amide bonds. The molecule has 0 aliphatic heterocycles. The molecule has 1 rings (SSSR count). The number of aliphatic hydroxyl groups excluding tert-OH is 1. The Hall–Kier alpha value is -0.860. The Morgan fingerprint density at radius 3 is 2.13 bits per heavy atom. The molecule has 2 nitrogen and oxygen atoms in total. The third kappa shape index (κ3) is 3.33. The lowest BCUT2D eigenvalue weighted by atomic mass is 9.84. The van der Waals surface area contributed by atoms with Crippen molar-refractivity contribution in [2.75, 3.05) is 13.2 Å². The van der Waals surface area contributed by atoms with E-state index < -0.39 is 0 Å². The Kier molecular flexibility index (Phi) is 4.30. The van der Waals surface area contributed by atoms with E-state index in [1.807, 2.05) is 6.92 Å². The van der Waals surface area contributed by atoms with Crippen LogP contribution >= 0.6 is 0 Å². The van der Waals surface area contributed by atoms with Crippen LogP contribution in [0.1, 0.15) is 25.0 Å². The third-order valence-electron chi connectivity index (χ3n) is 2.94. The highest BCUT2D eigenvalue weighted by molar-refractivity contribution is 5.23. The molecule has 0 spiro atoms. The zero-order valence-corrected chi connectivity index (χ0v) is 9.66. The lowest BCUT2D eigenvalue weighted by Crippen LogP contribution is -2.33. The summed E-state index contributed by atoms with van der Waals surface area (Å²) in [6, 6.07) is 8.54. The maximum absolute atomic E-state index is 9.27. The van der Waals surface area contributed by atoms with Crippen molar-refractivity contribution in [2.45, 2.75) is 26.7 Å². The molecule has 1 unspecified atom stereocenters. The lowest BCUT2D eigenvalue weighted by molar-refractivity contribution is 0.149. The number of aryl methyl sites for hydroxylation is 1. The predicted molar refractivity (Wildman–Crippen MR) is 63.8 cm³/mol. The smallest absolute Gasteiger partial charge is 0.0500 e. The van der Waals surface area contributed by atoms with Crippen molar-refractivity contribution in [1.29, 1.82) is 0 Å². The van der Waals surface area contributed by atoms with Gasteiger partial charge >= 0.3 is 0 Å². The quantitative estimate of drug-likeness (QED) is 0.772. The van der Waals surface area contributed by atoms with Crippen molar-refractivity contribution in [3.05, 3.63) is 35.4 Å². The minimum Gasteiger partial charge on any atom is -0.396 e. The van der Waals surface area contributed by atoms with E-state index in [-0.39, 0.29) is 12.0 Å². The summed E-state index contributed by atoms with van der Waals surface area (Å²) in [4.78, 5) is 0. The third-order valence-corrected chi connectivity index (χ3v) is 2.94. The maximum atomic E-state index is 9.27. The first kappa shape index (κ1) is 12.2. The molecule has 1 atom stereocenters. The highest BCUT2D eigenvalue weighted by Crippen LogP contribution is 2.20. The van der Waals surface area contributed by atoms with Gasteiger partial charge < -0.3 is 10.8 Å². The zero-order valence-electron chi connectivity index (χ0n) is 9.66. The first-order valence-electron chi connectivity index (χ1n) is 5.52. The fraction of sp³-hybridized carbons (Fsp3) is 0.538. The van der Waals surface area contributed by atoms with Crippen molar-refractivity contribution in [2.24, 2.45) is 11.1 Å². The second kappa shape index (κ2) is 5.29. The summed E-state index contributed by atoms with van der Waals surface area (Å²) >= 11 is 0. The van der Waals surface area contributed by atoms with Crippen LogP contribution in [0.2, 0.25) is 0 Å². The molecule has 15 heavy (non-hydrogen) atoms. The van der Waals surface area contributed by atoms with Crippen LogP contribution in [0.3, 0.4) is 0 Å². The molecular formula is C13H21NO. The summed E-state index contributed by atoms with van der Waals surface area (Å²) in [5, 5.41) is 9.27. The van der Waals surface area contributed by atoms with Crippen molar-refractivity contribution >= 4 is 0 Å². The van der Waals surface area contributed by atoms with Gasteiger partial charge in [0.15, 0.2) is 0 Å². The summed E-state index contributed by atoms with van der Waals surface area (Å²) < 4.78 is 0. The maximum Gasteiger partial charge on any atom is 0.0500 e. The second-order valence-corrected chi connectivity index (χ2v) is 4.52. The monoisotopic (exact) mass is 207 g/mol. The summed E-state index contributed by atoms with van der Waals surface area (Å²) in [6.45, 7) is 4.81. The summed E-state index contributed by atoms with van der Waals surface area (Å²) in [5.74, 6) is 0. The molecule has 1 aromatic carbocycles. The van der Waals surface area contributed by atoms with E-state index in [0.717, 1.165) is 12.8 Å². The average molecular weight is 207 g/mol. The van der Waals surface area contributed by atoms with Crippen molar-refractivity contribution < 1.29 is 5.11 Å². The van der Waals surface area contributed by atoms with E-state index in [4.69, 9.17) is 5.73 Å². The molecule has 0 aliphatic rings. The molecule has 2 heteroatoms. The summed E-state index contributed by atoms with van der Waals surface area (Å²) in [7, 11) is 0. The van der Waals surface area contributed by atoms with E-state index in [2.05, 4.69) is 31.2 Å². The number of rotatable bonds is 5. The second-order valence-electron chi connectivity index (χ2n) is 4.52. The van der Waals surface area contributed by atoms with Gasteiger partial charge in [0.2, 0.25) is 0 Å². The minimum absolute atomic E-state index is 0.138. The molecule has 0 radical (unpaired) electrons. The minimum atomic E-state index is -0.187. The molecule has 1 aromatic rings. The molecule has 0 saturated carbocycles. The Morgan fingerprint density at radius 1 is 1.20 bits per heavy atom. The molecule has 0 heterocycles. The van der Waals surface area contributed by atoms with Crippen molar-refractivity contribution in [3.8, 4) is 0 Å². The number of hydrogen-bond donors (Lipinski definition) is 2. The van der Waals surface area contributed by atoms with E-state index in [1.54, 1.807) is 0 Å². The standard InChI is InChI=1S/C13H21NO/c1-3-11-4-6-12(7-5-11)8-13(2,9-14)10-15/h4-7,15H,3,8-10,14H2,1-2H3. The fourth-order valence-electron chi connectivity index (χ4n) is 1.58. The molecule has 0 bridgehead atoms. The van der Waals surface area contributed by atoms with E-state index in [9.17, 15) is 5.11 Å². The molecule has 0 aliphatic carbocycles. The molecule has 0 saturated heterocycles. The van der Waals surface area contributed by atoms with E-state index in [1.165, 1.54) is 11.1 Å². The van der Waals surface area contributed by atoms with Gasteiger partial charge in [-0.1, -0.05) is 38.1 Å². The molecule has 3 N–H and O–H groups in total. The molecule has 0 aromatic heterocycles. The first-order valence-corrected chi connectivity index (χ1v) is 5.52. The topological polar surface area (TPSA) is 46.2 Å². The predicted octanol–water partition coefficient (Wildman–Crippen LogP) is 1.75. The Morgan fingerprint density at radius 2 is 1.73 bits per heavy atom. The van der Waals surface area contributed by atoms with Gasteiger partial charge in [0, 0.05) is 18.6 Å². The van der Waals surface area contributed by atoms with Gasteiger partial charge in [-0.05, 0) is 24.0 Å². The SMILES string of the molecule is CCc1ccc(CC(C)(CN)CO)cc1. The van der Waals surface area contributed by atoms with Gasteiger partial charge in [0.1, 0.15) is 0 Å². The van der Waals surface area contributed by atoms with E-state index in [0.29, 0.717) is 6.54 Å². The Balaban J connectivity index is 2.71. The van der Waals surface area contributed by atoms with Crippen LogP contribution in [0.4, 0.5) is 0 Å². The lowest BCUT2D eigenvalue weighted by Gasteiger charge is -2.25. The molecule has 84 valence electrons. The number of nitrogens with two attached hydrogens (primary N) is 1.